The van der Waals surface area contributed by atoms with Crippen LogP contribution in [0.15, 0.2) is 78.9 Å². The van der Waals surface area contributed by atoms with Gasteiger partial charge in [0, 0.05) is 25.6 Å². The number of para-hydroxylation sites is 2. The maximum Gasteiger partial charge on any atom is 0.223 e. The Kier molecular flexibility index (Phi) is 7.12. The van der Waals surface area contributed by atoms with E-state index < -0.39 is 0 Å². The summed E-state index contributed by atoms with van der Waals surface area (Å²) in [4.78, 5) is 20.1. The minimum absolute atomic E-state index is 0.0814. The molecule has 1 aromatic heterocycles. The Hall–Kier alpha value is -3.60. The standard InChI is InChI=1S/C30H34N4O/c1-23-13-15-25(16-14-23)22-34-28-12-6-5-11-27(28)32-30(34)33-20-17-26(18-21-33)29(35)31-19-7-10-24-8-3-2-4-9-24/h2-6,8-9,11-16,26H,7,10,17-22H2,1H3,(H,31,35). The molecule has 0 radical (unpaired) electrons. The number of imidazole rings is 1. The van der Waals surface area contributed by atoms with Crippen molar-refractivity contribution in [2.75, 3.05) is 24.5 Å². The number of rotatable bonds is 8. The van der Waals surface area contributed by atoms with Crippen molar-refractivity contribution in [3.8, 4) is 0 Å². The first-order valence-electron chi connectivity index (χ1n) is 12.7. The molecule has 0 bridgehead atoms. The molecule has 5 nitrogen and oxygen atoms in total. The van der Waals surface area contributed by atoms with Crippen LogP contribution in [-0.2, 0) is 17.8 Å². The Bertz CT molecular complexity index is 1250. The summed E-state index contributed by atoms with van der Waals surface area (Å²) in [6, 6.07) is 27.5. The van der Waals surface area contributed by atoms with Crippen LogP contribution in [-0.4, -0.2) is 35.1 Å². The maximum absolute atomic E-state index is 12.8. The third kappa shape index (κ3) is 5.56. The Balaban J connectivity index is 1.20. The minimum atomic E-state index is 0.0814. The van der Waals surface area contributed by atoms with Gasteiger partial charge in [-0.05, 0) is 55.9 Å². The Morgan fingerprint density at radius 1 is 0.914 bits per heavy atom. The first-order chi connectivity index (χ1) is 17.2. The number of carbonyl (C=O) groups is 1. The second kappa shape index (κ2) is 10.8. The van der Waals surface area contributed by atoms with E-state index >= 15 is 0 Å². The monoisotopic (exact) mass is 466 g/mol. The van der Waals surface area contributed by atoms with E-state index in [1.807, 2.05) is 12.1 Å². The van der Waals surface area contributed by atoms with Crippen molar-refractivity contribution in [2.24, 2.45) is 5.92 Å². The van der Waals surface area contributed by atoms with Gasteiger partial charge in [0.1, 0.15) is 0 Å². The number of nitrogens with zero attached hydrogens (tertiary/aromatic N) is 3. The van der Waals surface area contributed by atoms with Gasteiger partial charge in [-0.3, -0.25) is 4.79 Å². The second-order valence-corrected chi connectivity index (χ2v) is 9.61. The second-order valence-electron chi connectivity index (χ2n) is 9.61. The lowest BCUT2D eigenvalue weighted by atomic mass is 9.96. The van der Waals surface area contributed by atoms with Gasteiger partial charge in [-0.1, -0.05) is 72.3 Å². The summed E-state index contributed by atoms with van der Waals surface area (Å²) < 4.78 is 2.32. The van der Waals surface area contributed by atoms with E-state index in [2.05, 4.69) is 88.4 Å². The summed E-state index contributed by atoms with van der Waals surface area (Å²) in [6.45, 7) is 5.34. The minimum Gasteiger partial charge on any atom is -0.356 e. The molecule has 0 saturated carbocycles. The zero-order valence-corrected chi connectivity index (χ0v) is 20.5. The topological polar surface area (TPSA) is 50.2 Å². The molecule has 5 heteroatoms. The van der Waals surface area contributed by atoms with Gasteiger partial charge in [0.2, 0.25) is 11.9 Å². The highest BCUT2D eigenvalue weighted by Gasteiger charge is 2.27. The van der Waals surface area contributed by atoms with Crippen LogP contribution in [0.2, 0.25) is 0 Å². The van der Waals surface area contributed by atoms with Gasteiger partial charge in [0.25, 0.3) is 0 Å². The van der Waals surface area contributed by atoms with E-state index in [1.165, 1.54) is 16.7 Å². The van der Waals surface area contributed by atoms with Crippen LogP contribution in [0.3, 0.4) is 0 Å². The van der Waals surface area contributed by atoms with Gasteiger partial charge >= 0.3 is 0 Å². The Labute approximate surface area is 207 Å². The molecule has 0 spiro atoms. The quantitative estimate of drug-likeness (QED) is 0.356. The van der Waals surface area contributed by atoms with Crippen LogP contribution < -0.4 is 10.2 Å². The number of amides is 1. The summed E-state index contributed by atoms with van der Waals surface area (Å²) in [5.74, 6) is 1.29. The number of nitrogens with one attached hydrogen (secondary N) is 1. The zero-order chi connectivity index (χ0) is 24.0. The molecule has 1 amide bonds. The fourth-order valence-corrected chi connectivity index (χ4v) is 4.97. The Morgan fingerprint density at radius 3 is 2.40 bits per heavy atom. The Morgan fingerprint density at radius 2 is 1.63 bits per heavy atom. The van der Waals surface area contributed by atoms with E-state index in [9.17, 15) is 4.79 Å². The zero-order valence-electron chi connectivity index (χ0n) is 20.5. The largest absolute Gasteiger partial charge is 0.356 e. The molecule has 1 aliphatic heterocycles. The van der Waals surface area contributed by atoms with Crippen LogP contribution in [0.1, 0.15) is 36.0 Å². The third-order valence-corrected chi connectivity index (χ3v) is 7.03. The molecule has 0 atom stereocenters. The first kappa shape index (κ1) is 23.2. The number of piperidine rings is 1. The van der Waals surface area contributed by atoms with Gasteiger partial charge in [0.15, 0.2) is 0 Å². The molecule has 1 aliphatic rings. The van der Waals surface area contributed by atoms with Gasteiger partial charge in [0.05, 0.1) is 17.6 Å². The van der Waals surface area contributed by atoms with Crippen LogP contribution in [0.4, 0.5) is 5.95 Å². The molecule has 0 unspecified atom stereocenters. The number of aryl methyl sites for hydroxylation is 2. The van der Waals surface area contributed by atoms with E-state index in [-0.39, 0.29) is 11.8 Å². The highest BCUT2D eigenvalue weighted by Crippen LogP contribution is 2.28. The van der Waals surface area contributed by atoms with Crippen molar-refractivity contribution >= 4 is 22.9 Å². The summed E-state index contributed by atoms with van der Waals surface area (Å²) in [5, 5.41) is 3.17. The van der Waals surface area contributed by atoms with Crippen molar-refractivity contribution in [1.29, 1.82) is 0 Å². The maximum atomic E-state index is 12.8. The van der Waals surface area contributed by atoms with Gasteiger partial charge in [-0.2, -0.15) is 0 Å². The molecule has 0 aliphatic carbocycles. The average molecular weight is 467 g/mol. The molecule has 2 heterocycles. The smallest absolute Gasteiger partial charge is 0.223 e. The number of hydrogen-bond acceptors (Lipinski definition) is 3. The fraction of sp³-hybridized carbons (Fsp3) is 0.333. The SMILES string of the molecule is Cc1ccc(Cn2c(N3CCC(C(=O)NCCCc4ccccc4)CC3)nc3ccccc32)cc1. The molecular formula is C30H34N4O. The van der Waals surface area contributed by atoms with E-state index in [1.54, 1.807) is 0 Å². The van der Waals surface area contributed by atoms with Gasteiger partial charge in [-0.25, -0.2) is 4.98 Å². The average Bonchev–Trinajstić information content (AvgIpc) is 3.27. The molecule has 35 heavy (non-hydrogen) atoms. The molecular weight excluding hydrogens is 432 g/mol. The molecule has 1 fully saturated rings. The number of carbonyl (C=O) groups excluding carboxylic acids is 1. The summed E-state index contributed by atoms with van der Waals surface area (Å²) in [7, 11) is 0. The number of hydrogen-bond donors (Lipinski definition) is 1. The molecule has 1 saturated heterocycles. The van der Waals surface area contributed by atoms with E-state index in [0.717, 1.165) is 68.8 Å². The lowest BCUT2D eigenvalue weighted by Gasteiger charge is -2.32. The third-order valence-electron chi connectivity index (χ3n) is 7.03. The number of aromatic nitrogens is 2. The van der Waals surface area contributed by atoms with Crippen LogP contribution in [0.5, 0.6) is 0 Å². The lowest BCUT2D eigenvalue weighted by Crippen LogP contribution is -2.41. The van der Waals surface area contributed by atoms with Crippen molar-refractivity contribution in [3.63, 3.8) is 0 Å². The first-order valence-corrected chi connectivity index (χ1v) is 12.7. The lowest BCUT2D eigenvalue weighted by molar-refractivity contribution is -0.125. The number of fused-ring (bicyclic) bond motifs is 1. The van der Waals surface area contributed by atoms with Crippen LogP contribution in [0, 0.1) is 12.8 Å². The molecule has 1 N–H and O–H groups in total. The predicted molar refractivity (Wildman–Crippen MR) is 143 cm³/mol. The number of benzene rings is 3. The highest BCUT2D eigenvalue weighted by atomic mass is 16.1. The van der Waals surface area contributed by atoms with Crippen LogP contribution in [0.25, 0.3) is 11.0 Å². The highest BCUT2D eigenvalue weighted by molar-refractivity contribution is 5.80. The molecule has 4 aromatic rings. The molecule has 180 valence electrons. The van der Waals surface area contributed by atoms with E-state index in [0.29, 0.717) is 0 Å². The van der Waals surface area contributed by atoms with Crippen LogP contribution >= 0.6 is 0 Å². The predicted octanol–water partition coefficient (Wildman–Crippen LogP) is 5.36. The normalized spacial score (nSPS) is 14.4. The fourth-order valence-electron chi connectivity index (χ4n) is 4.97. The summed E-state index contributed by atoms with van der Waals surface area (Å²) in [5.41, 5.74) is 6.03. The number of anilines is 1. The summed E-state index contributed by atoms with van der Waals surface area (Å²) in [6.07, 6.45) is 3.69. The van der Waals surface area contributed by atoms with Crippen molar-refractivity contribution in [1.82, 2.24) is 14.9 Å². The molecule has 5 rings (SSSR count). The van der Waals surface area contributed by atoms with E-state index in [4.69, 9.17) is 4.98 Å². The van der Waals surface area contributed by atoms with Gasteiger partial charge in [-0.15, -0.1) is 0 Å². The molecule has 3 aromatic carbocycles. The van der Waals surface area contributed by atoms with Crippen molar-refractivity contribution in [3.05, 3.63) is 95.6 Å². The summed E-state index contributed by atoms with van der Waals surface area (Å²) >= 11 is 0. The van der Waals surface area contributed by atoms with Gasteiger partial charge < -0.3 is 14.8 Å². The van der Waals surface area contributed by atoms with Crippen molar-refractivity contribution < 1.29 is 4.79 Å². The van der Waals surface area contributed by atoms with Crippen molar-refractivity contribution in [2.45, 2.75) is 39.2 Å².